The molecule has 0 saturated carbocycles. The van der Waals surface area contributed by atoms with Crippen LogP contribution in [-0.4, -0.2) is 12.5 Å². The van der Waals surface area contributed by atoms with Gasteiger partial charge in [-0.3, -0.25) is 20.4 Å². The molecular weight excluding hydrogens is 416 g/mol. The van der Waals surface area contributed by atoms with Crippen LogP contribution < -0.4 is 21.0 Å². The van der Waals surface area contributed by atoms with E-state index in [0.717, 1.165) is 5.69 Å². The molecule has 0 aliphatic rings. The van der Waals surface area contributed by atoms with Gasteiger partial charge in [-0.25, -0.2) is 0 Å². The summed E-state index contributed by atoms with van der Waals surface area (Å²) >= 11 is 0. The SMILES string of the molecule is CC(C)(C)c1ccc(NNC(=O)COc2c(-c3ccccc3)oc3ccccc3c2=O)cc1. The van der Waals surface area contributed by atoms with Crippen molar-refractivity contribution >= 4 is 22.6 Å². The summed E-state index contributed by atoms with van der Waals surface area (Å²) in [6.45, 7) is 6.07. The van der Waals surface area contributed by atoms with Crippen LogP contribution in [0, 0.1) is 0 Å². The Bertz CT molecular complexity index is 1320. The second kappa shape index (κ2) is 9.20. The number of hydrogen-bond donors (Lipinski definition) is 2. The Morgan fingerprint density at radius 3 is 2.27 bits per heavy atom. The number of para-hydroxylation sites is 1. The third-order valence-electron chi connectivity index (χ3n) is 5.24. The average Bonchev–Trinajstić information content (AvgIpc) is 2.82. The molecule has 0 fully saturated rings. The van der Waals surface area contributed by atoms with E-state index in [-0.39, 0.29) is 29.0 Å². The van der Waals surface area contributed by atoms with Crippen molar-refractivity contribution in [3.63, 3.8) is 0 Å². The van der Waals surface area contributed by atoms with Crippen molar-refractivity contribution < 1.29 is 13.9 Å². The fourth-order valence-electron chi connectivity index (χ4n) is 3.40. The molecule has 3 aromatic carbocycles. The van der Waals surface area contributed by atoms with Crippen molar-refractivity contribution in [2.75, 3.05) is 12.0 Å². The lowest BCUT2D eigenvalue weighted by atomic mass is 9.87. The highest BCUT2D eigenvalue weighted by atomic mass is 16.5. The topological polar surface area (TPSA) is 80.6 Å². The molecule has 4 rings (SSSR count). The van der Waals surface area contributed by atoms with Gasteiger partial charge in [0, 0.05) is 5.56 Å². The lowest BCUT2D eigenvalue weighted by molar-refractivity contribution is -0.122. The van der Waals surface area contributed by atoms with Gasteiger partial charge < -0.3 is 9.15 Å². The van der Waals surface area contributed by atoms with Crippen LogP contribution in [0.1, 0.15) is 26.3 Å². The van der Waals surface area contributed by atoms with Gasteiger partial charge in [-0.2, -0.15) is 0 Å². The van der Waals surface area contributed by atoms with Crippen molar-refractivity contribution in [1.82, 2.24) is 5.43 Å². The van der Waals surface area contributed by atoms with Crippen molar-refractivity contribution in [3.8, 4) is 17.1 Å². The maximum Gasteiger partial charge on any atom is 0.276 e. The second-order valence-electron chi connectivity index (χ2n) is 8.74. The summed E-state index contributed by atoms with van der Waals surface area (Å²) in [5.74, 6) is -0.135. The van der Waals surface area contributed by atoms with Crippen LogP contribution >= 0.6 is 0 Å². The van der Waals surface area contributed by atoms with E-state index in [2.05, 4.69) is 31.6 Å². The lowest BCUT2D eigenvalue weighted by Gasteiger charge is -2.19. The quantitative estimate of drug-likeness (QED) is 0.397. The van der Waals surface area contributed by atoms with Gasteiger partial charge in [0.25, 0.3) is 5.91 Å². The molecule has 0 radical (unpaired) electrons. The second-order valence-corrected chi connectivity index (χ2v) is 8.74. The summed E-state index contributed by atoms with van der Waals surface area (Å²) in [4.78, 5) is 25.5. The molecule has 4 aromatic rings. The van der Waals surface area contributed by atoms with Gasteiger partial charge in [0.2, 0.25) is 11.2 Å². The van der Waals surface area contributed by atoms with Gasteiger partial charge in [0.05, 0.1) is 11.1 Å². The van der Waals surface area contributed by atoms with Crippen LogP contribution in [-0.2, 0) is 10.2 Å². The van der Waals surface area contributed by atoms with E-state index in [1.165, 1.54) is 5.56 Å². The minimum absolute atomic E-state index is 0.00424. The number of carbonyl (C=O) groups excluding carboxylic acids is 1. The maximum atomic E-state index is 13.1. The first-order valence-corrected chi connectivity index (χ1v) is 10.7. The molecule has 1 amide bonds. The summed E-state index contributed by atoms with van der Waals surface area (Å²) in [7, 11) is 0. The van der Waals surface area contributed by atoms with Crippen LogP contribution in [0.2, 0.25) is 0 Å². The van der Waals surface area contributed by atoms with Crippen molar-refractivity contribution in [1.29, 1.82) is 0 Å². The monoisotopic (exact) mass is 442 g/mol. The Morgan fingerprint density at radius 1 is 0.909 bits per heavy atom. The number of ether oxygens (including phenoxy) is 1. The molecule has 1 heterocycles. The van der Waals surface area contributed by atoms with Crippen molar-refractivity contribution in [2.45, 2.75) is 26.2 Å². The smallest absolute Gasteiger partial charge is 0.276 e. The minimum atomic E-state index is -0.429. The summed E-state index contributed by atoms with van der Waals surface area (Å²) in [5, 5.41) is 0.393. The third-order valence-corrected chi connectivity index (χ3v) is 5.24. The number of carbonyl (C=O) groups is 1. The third kappa shape index (κ3) is 5.06. The molecule has 0 saturated heterocycles. The molecule has 0 spiro atoms. The molecule has 1 aromatic heterocycles. The molecule has 0 unspecified atom stereocenters. The molecule has 6 nitrogen and oxygen atoms in total. The number of hydrazine groups is 1. The summed E-state index contributed by atoms with van der Waals surface area (Å²) < 4.78 is 11.7. The first-order chi connectivity index (χ1) is 15.8. The molecule has 0 aliphatic carbocycles. The minimum Gasteiger partial charge on any atom is -0.476 e. The number of nitrogens with one attached hydrogen (secondary N) is 2. The highest BCUT2D eigenvalue weighted by Gasteiger charge is 2.18. The highest BCUT2D eigenvalue weighted by Crippen LogP contribution is 2.30. The van der Waals surface area contributed by atoms with E-state index in [1.54, 1.807) is 24.3 Å². The first kappa shape index (κ1) is 22.1. The highest BCUT2D eigenvalue weighted by molar-refractivity contribution is 5.83. The molecule has 0 atom stereocenters. The standard InChI is InChI=1S/C27H26N2O4/c1-27(2,3)19-13-15-20(16-14-19)28-29-23(30)17-32-26-24(31)21-11-7-8-12-22(21)33-25(26)18-9-5-4-6-10-18/h4-16,28H,17H2,1-3H3,(H,29,30). The summed E-state index contributed by atoms with van der Waals surface area (Å²) in [6.07, 6.45) is 0. The molecule has 6 heteroatoms. The van der Waals surface area contributed by atoms with E-state index in [1.807, 2.05) is 54.6 Å². The van der Waals surface area contributed by atoms with Gasteiger partial charge in [0.1, 0.15) is 5.58 Å². The van der Waals surface area contributed by atoms with Gasteiger partial charge in [-0.05, 0) is 35.2 Å². The molecule has 33 heavy (non-hydrogen) atoms. The number of amides is 1. The number of fused-ring (bicyclic) bond motifs is 1. The van der Waals surface area contributed by atoms with Gasteiger partial charge in [-0.1, -0.05) is 75.4 Å². The summed E-state index contributed by atoms with van der Waals surface area (Å²) in [6, 6.07) is 24.0. The fourth-order valence-corrected chi connectivity index (χ4v) is 3.40. The van der Waals surface area contributed by atoms with Crippen LogP contribution in [0.25, 0.3) is 22.3 Å². The van der Waals surface area contributed by atoms with Crippen molar-refractivity contribution in [3.05, 3.63) is 94.6 Å². The zero-order valence-corrected chi connectivity index (χ0v) is 18.8. The van der Waals surface area contributed by atoms with E-state index >= 15 is 0 Å². The molecule has 2 N–H and O–H groups in total. The lowest BCUT2D eigenvalue weighted by Crippen LogP contribution is -2.34. The Labute approximate surface area is 192 Å². The van der Waals surface area contributed by atoms with Gasteiger partial charge >= 0.3 is 0 Å². The number of rotatable bonds is 6. The van der Waals surface area contributed by atoms with E-state index in [0.29, 0.717) is 16.5 Å². The number of benzene rings is 3. The van der Waals surface area contributed by atoms with E-state index < -0.39 is 5.91 Å². The van der Waals surface area contributed by atoms with Crippen molar-refractivity contribution in [2.24, 2.45) is 0 Å². The first-order valence-electron chi connectivity index (χ1n) is 10.7. The molecular formula is C27H26N2O4. The zero-order chi connectivity index (χ0) is 23.4. The predicted octanol–water partition coefficient (Wildman–Crippen LogP) is 5.28. The van der Waals surface area contributed by atoms with Crippen LogP contribution in [0.4, 0.5) is 5.69 Å². The number of anilines is 1. The zero-order valence-electron chi connectivity index (χ0n) is 18.8. The summed E-state index contributed by atoms with van der Waals surface area (Å²) in [5.41, 5.74) is 8.27. The number of hydrogen-bond acceptors (Lipinski definition) is 5. The largest absolute Gasteiger partial charge is 0.476 e. The van der Waals surface area contributed by atoms with Crippen LogP contribution in [0.5, 0.6) is 5.75 Å². The Hall–Kier alpha value is -4.06. The van der Waals surface area contributed by atoms with E-state index in [4.69, 9.17) is 9.15 Å². The fraction of sp³-hybridized carbons (Fsp3) is 0.185. The van der Waals surface area contributed by atoms with E-state index in [9.17, 15) is 9.59 Å². The van der Waals surface area contributed by atoms with Gasteiger partial charge in [-0.15, -0.1) is 0 Å². The Morgan fingerprint density at radius 2 is 1.58 bits per heavy atom. The van der Waals surface area contributed by atoms with Gasteiger partial charge in [0.15, 0.2) is 12.4 Å². The predicted molar refractivity (Wildman–Crippen MR) is 130 cm³/mol. The molecule has 0 aliphatic heterocycles. The average molecular weight is 443 g/mol. The van der Waals surface area contributed by atoms with Crippen LogP contribution in [0.15, 0.2) is 88.1 Å². The van der Waals surface area contributed by atoms with Crippen LogP contribution in [0.3, 0.4) is 0 Å². The molecule has 0 bridgehead atoms. The molecule has 168 valence electrons. The maximum absolute atomic E-state index is 13.1. The Balaban J connectivity index is 1.50. The Kier molecular flexibility index (Phi) is 6.18. The normalized spacial score (nSPS) is 11.2.